The molecule has 0 fully saturated rings. The fourth-order valence-corrected chi connectivity index (χ4v) is 4.98. The van der Waals surface area contributed by atoms with E-state index in [9.17, 15) is 15.8 Å². The number of nitriles is 3. The molecule has 0 radical (unpaired) electrons. The van der Waals surface area contributed by atoms with Crippen LogP contribution in [0.5, 0.6) is 5.75 Å². The first kappa shape index (κ1) is 21.2. The number of fused-ring (bicyclic) bond motifs is 1. The lowest BCUT2D eigenvalue weighted by Gasteiger charge is -2.45. The second-order valence-electron chi connectivity index (χ2n) is 8.10. The molecular formula is C26H23N5O. The Balaban J connectivity index is 1.88. The van der Waals surface area contributed by atoms with Crippen LogP contribution in [-0.2, 0) is 6.54 Å². The number of nitrogens with two attached hydrogens (primary N) is 1. The van der Waals surface area contributed by atoms with Gasteiger partial charge in [-0.2, -0.15) is 15.8 Å². The zero-order chi connectivity index (χ0) is 22.7. The Bertz CT molecular complexity index is 1200. The number of allylic oxidation sites excluding steroid dienone is 2. The van der Waals surface area contributed by atoms with Crippen LogP contribution in [0.4, 0.5) is 0 Å². The molecule has 0 saturated carbocycles. The molecule has 0 amide bonds. The van der Waals surface area contributed by atoms with Crippen molar-refractivity contribution < 1.29 is 4.74 Å². The average Bonchev–Trinajstić information content (AvgIpc) is 2.84. The van der Waals surface area contributed by atoms with Crippen LogP contribution in [-0.4, -0.2) is 25.1 Å². The molecule has 2 aromatic carbocycles. The van der Waals surface area contributed by atoms with Crippen LogP contribution >= 0.6 is 0 Å². The highest BCUT2D eigenvalue weighted by Crippen LogP contribution is 2.55. The van der Waals surface area contributed by atoms with Crippen molar-refractivity contribution in [2.45, 2.75) is 12.5 Å². The van der Waals surface area contributed by atoms with Gasteiger partial charge in [-0.25, -0.2) is 0 Å². The van der Waals surface area contributed by atoms with Crippen molar-refractivity contribution >= 4 is 0 Å². The maximum absolute atomic E-state index is 10.2. The topological polar surface area (TPSA) is 110 Å². The fourth-order valence-electron chi connectivity index (χ4n) is 4.98. The highest BCUT2D eigenvalue weighted by atomic mass is 16.5. The molecule has 0 aromatic heterocycles. The number of para-hydroxylation sites is 1. The summed E-state index contributed by atoms with van der Waals surface area (Å²) < 4.78 is 5.60. The van der Waals surface area contributed by atoms with Crippen molar-refractivity contribution in [2.75, 3.05) is 20.2 Å². The van der Waals surface area contributed by atoms with Crippen LogP contribution in [0.15, 0.2) is 77.5 Å². The Kier molecular flexibility index (Phi) is 5.69. The molecule has 0 unspecified atom stereocenters. The summed E-state index contributed by atoms with van der Waals surface area (Å²) in [6, 6.07) is 24.1. The van der Waals surface area contributed by atoms with Crippen LogP contribution in [0, 0.1) is 45.3 Å². The van der Waals surface area contributed by atoms with Crippen LogP contribution in [0.3, 0.4) is 0 Å². The number of hydrogen-bond acceptors (Lipinski definition) is 6. The maximum atomic E-state index is 10.2. The van der Waals surface area contributed by atoms with E-state index in [-0.39, 0.29) is 17.2 Å². The van der Waals surface area contributed by atoms with Gasteiger partial charge in [-0.1, -0.05) is 54.6 Å². The molecular weight excluding hydrogens is 398 g/mol. The van der Waals surface area contributed by atoms with Gasteiger partial charge in [0.25, 0.3) is 0 Å². The van der Waals surface area contributed by atoms with E-state index >= 15 is 0 Å². The number of rotatable bonds is 4. The number of ether oxygens (including phenoxy) is 1. The molecule has 0 spiro atoms. The van der Waals surface area contributed by atoms with E-state index in [1.807, 2.05) is 48.5 Å². The van der Waals surface area contributed by atoms with E-state index in [2.05, 4.69) is 35.2 Å². The lowest BCUT2D eigenvalue weighted by molar-refractivity contribution is 0.199. The molecule has 2 aromatic rings. The quantitative estimate of drug-likeness (QED) is 0.807. The Morgan fingerprint density at radius 3 is 2.41 bits per heavy atom. The third-order valence-corrected chi connectivity index (χ3v) is 6.46. The van der Waals surface area contributed by atoms with Crippen molar-refractivity contribution in [1.29, 1.82) is 15.8 Å². The number of hydrogen-bond donors (Lipinski definition) is 1. The summed E-state index contributed by atoms with van der Waals surface area (Å²) in [5, 5.41) is 30.4. The zero-order valence-corrected chi connectivity index (χ0v) is 17.8. The van der Waals surface area contributed by atoms with Crippen molar-refractivity contribution in [1.82, 2.24) is 4.90 Å². The third kappa shape index (κ3) is 3.30. The minimum Gasteiger partial charge on any atom is -0.496 e. The molecule has 1 aliphatic heterocycles. The molecule has 4 rings (SSSR count). The van der Waals surface area contributed by atoms with Crippen LogP contribution in [0.2, 0.25) is 0 Å². The smallest absolute Gasteiger partial charge is 0.191 e. The number of nitrogens with zero attached hydrogens (tertiary/aromatic N) is 4. The highest BCUT2D eigenvalue weighted by molar-refractivity contribution is 5.60. The Labute approximate surface area is 188 Å². The van der Waals surface area contributed by atoms with Gasteiger partial charge in [0.2, 0.25) is 0 Å². The van der Waals surface area contributed by atoms with Crippen molar-refractivity contribution in [3.63, 3.8) is 0 Å². The molecule has 32 heavy (non-hydrogen) atoms. The SMILES string of the molecule is COc1ccccc1[C@H]1[C@H]2CN(Cc3ccccc3)CC=C2C(C#N)=C(N)C1(C#N)C#N. The van der Waals surface area contributed by atoms with Gasteiger partial charge in [-0.05, 0) is 17.2 Å². The largest absolute Gasteiger partial charge is 0.496 e. The van der Waals surface area contributed by atoms with Crippen LogP contribution in [0.25, 0.3) is 0 Å². The van der Waals surface area contributed by atoms with Gasteiger partial charge in [0.1, 0.15) is 11.8 Å². The minimum atomic E-state index is -1.67. The van der Waals surface area contributed by atoms with Gasteiger partial charge in [0.05, 0.1) is 30.5 Å². The van der Waals surface area contributed by atoms with Gasteiger partial charge in [0, 0.05) is 37.0 Å². The molecule has 1 heterocycles. The lowest BCUT2D eigenvalue weighted by Crippen LogP contribution is -2.47. The van der Waals surface area contributed by atoms with Gasteiger partial charge >= 0.3 is 0 Å². The van der Waals surface area contributed by atoms with Crippen molar-refractivity contribution in [2.24, 2.45) is 17.1 Å². The van der Waals surface area contributed by atoms with E-state index in [1.54, 1.807) is 7.11 Å². The second-order valence-corrected chi connectivity index (χ2v) is 8.10. The first-order chi connectivity index (χ1) is 15.6. The van der Waals surface area contributed by atoms with Crippen LogP contribution in [0.1, 0.15) is 17.0 Å². The Morgan fingerprint density at radius 1 is 1.06 bits per heavy atom. The highest BCUT2D eigenvalue weighted by Gasteiger charge is 2.55. The normalized spacial score (nSPS) is 22.0. The molecule has 158 valence electrons. The number of methoxy groups -OCH3 is 1. The van der Waals surface area contributed by atoms with E-state index in [0.29, 0.717) is 18.8 Å². The monoisotopic (exact) mass is 421 g/mol. The second kappa shape index (κ2) is 8.60. The standard InChI is InChI=1S/C26H23N5O/c1-32-23-10-6-5-9-20(23)24-22-15-31(14-18-7-3-2-4-8-18)12-11-19(22)21(13-27)25(30)26(24,16-28)17-29/h2-11,22,24H,12,14-15,30H2,1H3/t22-,24-/m0/s1. The summed E-state index contributed by atoms with van der Waals surface area (Å²) in [7, 11) is 1.57. The lowest BCUT2D eigenvalue weighted by atomic mass is 9.58. The van der Waals surface area contributed by atoms with Gasteiger partial charge in [-0.15, -0.1) is 0 Å². The summed E-state index contributed by atoms with van der Waals surface area (Å²) in [6.45, 7) is 1.98. The van der Waals surface area contributed by atoms with Gasteiger partial charge < -0.3 is 10.5 Å². The van der Waals surface area contributed by atoms with Crippen molar-refractivity contribution in [3.8, 4) is 24.0 Å². The zero-order valence-electron chi connectivity index (χ0n) is 17.8. The Hall–Kier alpha value is -4.05. The van der Waals surface area contributed by atoms with Crippen molar-refractivity contribution in [3.05, 3.63) is 88.6 Å². The molecule has 6 nitrogen and oxygen atoms in total. The predicted molar refractivity (Wildman–Crippen MR) is 120 cm³/mol. The summed E-state index contributed by atoms with van der Waals surface area (Å²) in [5.41, 5.74) is 7.74. The Morgan fingerprint density at radius 2 is 1.75 bits per heavy atom. The summed E-state index contributed by atoms with van der Waals surface area (Å²) in [5.74, 6) is -0.235. The van der Waals surface area contributed by atoms with E-state index in [0.717, 1.165) is 17.7 Å². The molecule has 0 saturated heterocycles. The van der Waals surface area contributed by atoms with E-state index in [4.69, 9.17) is 10.5 Å². The molecule has 2 atom stereocenters. The molecule has 2 N–H and O–H groups in total. The van der Waals surface area contributed by atoms with E-state index in [1.165, 1.54) is 5.56 Å². The van der Waals surface area contributed by atoms with Gasteiger partial charge in [0.15, 0.2) is 5.41 Å². The molecule has 2 aliphatic rings. The average molecular weight is 422 g/mol. The molecule has 0 bridgehead atoms. The predicted octanol–water partition coefficient (Wildman–Crippen LogP) is 3.62. The summed E-state index contributed by atoms with van der Waals surface area (Å²) in [4.78, 5) is 2.27. The molecule has 6 heteroatoms. The first-order valence-electron chi connectivity index (χ1n) is 10.4. The first-order valence-corrected chi connectivity index (χ1v) is 10.4. The minimum absolute atomic E-state index is 0.0277. The fraction of sp³-hybridized carbons (Fsp3) is 0.269. The summed E-state index contributed by atoms with van der Waals surface area (Å²) in [6.07, 6.45) is 2.02. The number of benzene rings is 2. The molecule has 1 aliphatic carbocycles. The maximum Gasteiger partial charge on any atom is 0.191 e. The van der Waals surface area contributed by atoms with E-state index < -0.39 is 11.3 Å². The summed E-state index contributed by atoms with van der Waals surface area (Å²) >= 11 is 0. The third-order valence-electron chi connectivity index (χ3n) is 6.46. The van der Waals surface area contributed by atoms with Crippen LogP contribution < -0.4 is 10.5 Å². The van der Waals surface area contributed by atoms with Gasteiger partial charge in [-0.3, -0.25) is 4.90 Å².